The van der Waals surface area contributed by atoms with E-state index in [0.29, 0.717) is 18.5 Å². The third-order valence-corrected chi connectivity index (χ3v) is 7.48. The molecule has 4 nitrogen and oxygen atoms in total. The molecule has 0 fully saturated rings. The predicted molar refractivity (Wildman–Crippen MR) is 118 cm³/mol. The number of hydrogen-bond donors (Lipinski definition) is 2. The zero-order chi connectivity index (χ0) is 20.1. The number of anilines is 1. The van der Waals surface area contributed by atoms with E-state index in [1.54, 1.807) is 22.7 Å². The second-order valence-electron chi connectivity index (χ2n) is 7.25. The summed E-state index contributed by atoms with van der Waals surface area (Å²) in [6.45, 7) is 0.691. The molecule has 29 heavy (non-hydrogen) atoms. The highest BCUT2D eigenvalue weighted by Gasteiger charge is 2.22. The number of nitriles is 1. The summed E-state index contributed by atoms with van der Waals surface area (Å²) in [5.74, 6) is -0.0191. The first-order valence-corrected chi connectivity index (χ1v) is 11.7. The minimum absolute atomic E-state index is 0.0191. The van der Waals surface area contributed by atoms with Crippen LogP contribution in [-0.4, -0.2) is 12.5 Å². The maximum atomic E-state index is 12.6. The van der Waals surface area contributed by atoms with Crippen LogP contribution in [0.5, 0.6) is 0 Å². The van der Waals surface area contributed by atoms with Crippen LogP contribution in [0.25, 0.3) is 0 Å². The van der Waals surface area contributed by atoms with Crippen molar-refractivity contribution in [1.29, 1.82) is 5.26 Å². The summed E-state index contributed by atoms with van der Waals surface area (Å²) < 4.78 is 0. The zero-order valence-corrected chi connectivity index (χ0v) is 17.8. The standard InChI is InChI=1S/C23H23N3OS2/c24-15-18-17-9-4-5-10-19(17)29-23(18)26-21(27)12-13-25-22(20-11-6-14-28-20)16-7-2-1-3-8-16/h1-3,6-8,11,14,22,25H,4-5,9-10,12-13H2,(H,26,27)/p+1/t22-/m1/s1. The number of aryl methyl sites for hydroxylation is 1. The molecule has 1 aliphatic rings. The monoisotopic (exact) mass is 422 g/mol. The molecule has 1 aromatic carbocycles. The van der Waals surface area contributed by atoms with Crippen LogP contribution in [-0.2, 0) is 17.6 Å². The number of thiophene rings is 2. The van der Waals surface area contributed by atoms with Gasteiger partial charge in [0.1, 0.15) is 17.1 Å². The SMILES string of the molecule is N#Cc1c(NC(=O)CC[NH2+][C@H](c2ccccc2)c2cccs2)sc2c1CCCC2. The molecule has 0 spiro atoms. The molecule has 0 saturated heterocycles. The third kappa shape index (κ3) is 4.59. The average molecular weight is 423 g/mol. The van der Waals surface area contributed by atoms with Gasteiger partial charge < -0.3 is 10.6 Å². The van der Waals surface area contributed by atoms with Crippen LogP contribution < -0.4 is 10.6 Å². The smallest absolute Gasteiger partial charge is 0.230 e. The van der Waals surface area contributed by atoms with Crippen LogP contribution in [0.4, 0.5) is 5.00 Å². The molecule has 148 valence electrons. The van der Waals surface area contributed by atoms with E-state index >= 15 is 0 Å². The lowest BCUT2D eigenvalue weighted by Crippen LogP contribution is -2.85. The van der Waals surface area contributed by atoms with Gasteiger partial charge in [0.05, 0.1) is 23.4 Å². The summed E-state index contributed by atoms with van der Waals surface area (Å²) in [5.41, 5.74) is 3.09. The molecule has 0 unspecified atom stereocenters. The fourth-order valence-electron chi connectivity index (χ4n) is 3.89. The van der Waals surface area contributed by atoms with Gasteiger partial charge in [0.25, 0.3) is 0 Å². The van der Waals surface area contributed by atoms with E-state index in [1.165, 1.54) is 21.7 Å². The number of rotatable bonds is 7. The van der Waals surface area contributed by atoms with Crippen molar-refractivity contribution in [1.82, 2.24) is 0 Å². The molecular weight excluding hydrogens is 398 g/mol. The molecule has 3 N–H and O–H groups in total. The van der Waals surface area contributed by atoms with Gasteiger partial charge in [-0.2, -0.15) is 5.26 Å². The van der Waals surface area contributed by atoms with Gasteiger partial charge in [-0.05, 0) is 42.7 Å². The van der Waals surface area contributed by atoms with Gasteiger partial charge >= 0.3 is 0 Å². The van der Waals surface area contributed by atoms with E-state index in [0.717, 1.165) is 29.8 Å². The van der Waals surface area contributed by atoms with Gasteiger partial charge in [0, 0.05) is 10.4 Å². The lowest BCUT2D eigenvalue weighted by Gasteiger charge is -2.14. The molecule has 0 bridgehead atoms. The van der Waals surface area contributed by atoms with Gasteiger partial charge in [0.15, 0.2) is 0 Å². The zero-order valence-electron chi connectivity index (χ0n) is 16.2. The number of nitrogens with one attached hydrogen (secondary N) is 1. The topological polar surface area (TPSA) is 69.5 Å². The third-order valence-electron chi connectivity index (χ3n) is 5.32. The van der Waals surface area contributed by atoms with Crippen molar-refractivity contribution < 1.29 is 10.1 Å². The molecule has 0 aliphatic heterocycles. The highest BCUT2D eigenvalue weighted by molar-refractivity contribution is 7.16. The quantitative estimate of drug-likeness (QED) is 0.598. The largest absolute Gasteiger partial charge is 0.335 e. The second kappa shape index (κ2) is 9.36. The molecule has 2 aromatic heterocycles. The van der Waals surface area contributed by atoms with Crippen molar-refractivity contribution in [2.45, 2.75) is 38.1 Å². The number of hydrogen-bond acceptors (Lipinski definition) is 4. The Morgan fingerprint density at radius 2 is 2.00 bits per heavy atom. The first-order chi connectivity index (χ1) is 14.3. The summed E-state index contributed by atoms with van der Waals surface area (Å²) in [5, 5.41) is 17.6. The Bertz CT molecular complexity index is 1000. The average Bonchev–Trinajstić information content (AvgIpc) is 3.39. The number of nitrogens with two attached hydrogens (primary N) is 1. The lowest BCUT2D eigenvalue weighted by molar-refractivity contribution is -0.685. The minimum Gasteiger partial charge on any atom is -0.335 e. The van der Waals surface area contributed by atoms with E-state index in [-0.39, 0.29) is 11.9 Å². The maximum absolute atomic E-state index is 12.6. The molecule has 6 heteroatoms. The summed E-state index contributed by atoms with van der Waals surface area (Å²) >= 11 is 3.33. The molecular formula is C23H24N3OS2+. The fraction of sp³-hybridized carbons (Fsp3) is 0.304. The minimum atomic E-state index is -0.0191. The second-order valence-corrected chi connectivity index (χ2v) is 9.34. The van der Waals surface area contributed by atoms with E-state index in [9.17, 15) is 10.1 Å². The Kier molecular flexibility index (Phi) is 6.40. The van der Waals surface area contributed by atoms with Gasteiger partial charge in [0.2, 0.25) is 5.91 Å². The van der Waals surface area contributed by atoms with Gasteiger partial charge in [-0.15, -0.1) is 22.7 Å². The molecule has 0 radical (unpaired) electrons. The van der Waals surface area contributed by atoms with E-state index in [4.69, 9.17) is 0 Å². The number of amides is 1. The number of quaternary nitrogens is 1. The molecule has 1 atom stereocenters. The van der Waals surface area contributed by atoms with Crippen LogP contribution in [0.15, 0.2) is 47.8 Å². The van der Waals surface area contributed by atoms with Crippen molar-refractivity contribution in [3.63, 3.8) is 0 Å². The van der Waals surface area contributed by atoms with E-state index < -0.39 is 0 Å². The first kappa shape index (κ1) is 19.8. The Hall–Kier alpha value is -2.46. The summed E-state index contributed by atoms with van der Waals surface area (Å²) in [4.78, 5) is 15.1. The molecule has 4 rings (SSSR count). The molecule has 1 aliphatic carbocycles. The van der Waals surface area contributed by atoms with E-state index in [1.807, 2.05) is 6.07 Å². The Morgan fingerprint density at radius 3 is 2.76 bits per heavy atom. The van der Waals surface area contributed by atoms with Gasteiger partial charge in [-0.1, -0.05) is 36.4 Å². The predicted octanol–water partition coefficient (Wildman–Crippen LogP) is 4.24. The highest BCUT2D eigenvalue weighted by atomic mass is 32.1. The van der Waals surface area contributed by atoms with Crippen LogP contribution in [0.1, 0.15) is 51.7 Å². The van der Waals surface area contributed by atoms with Crippen LogP contribution in [0, 0.1) is 11.3 Å². The lowest BCUT2D eigenvalue weighted by atomic mass is 9.96. The molecule has 0 saturated carbocycles. The van der Waals surface area contributed by atoms with Crippen LogP contribution in [0.3, 0.4) is 0 Å². The number of benzene rings is 1. The first-order valence-electron chi connectivity index (χ1n) is 10.0. The summed E-state index contributed by atoms with van der Waals surface area (Å²) in [7, 11) is 0. The van der Waals surface area contributed by atoms with Gasteiger partial charge in [-0.3, -0.25) is 4.79 Å². The molecule has 1 amide bonds. The fourth-order valence-corrected chi connectivity index (χ4v) is 5.99. The van der Waals surface area contributed by atoms with Crippen molar-refractivity contribution in [2.75, 3.05) is 11.9 Å². The van der Waals surface area contributed by atoms with Crippen LogP contribution in [0.2, 0.25) is 0 Å². The normalized spacial score (nSPS) is 14.0. The summed E-state index contributed by atoms with van der Waals surface area (Å²) in [6, 6.07) is 17.1. The summed E-state index contributed by atoms with van der Waals surface area (Å²) in [6.07, 6.45) is 4.70. The van der Waals surface area contributed by atoms with Crippen LogP contribution >= 0.6 is 22.7 Å². The number of carbonyl (C=O) groups excluding carboxylic acids is 1. The van der Waals surface area contributed by atoms with Crippen molar-refractivity contribution in [3.8, 4) is 6.07 Å². The Labute approximate surface area is 179 Å². The number of nitrogens with zero attached hydrogens (tertiary/aromatic N) is 1. The maximum Gasteiger partial charge on any atom is 0.230 e. The number of fused-ring (bicyclic) bond motifs is 1. The van der Waals surface area contributed by atoms with Gasteiger partial charge in [-0.25, -0.2) is 0 Å². The number of carbonyl (C=O) groups is 1. The van der Waals surface area contributed by atoms with Crippen molar-refractivity contribution in [3.05, 3.63) is 74.3 Å². The Morgan fingerprint density at radius 1 is 1.17 bits per heavy atom. The molecule has 2 heterocycles. The Balaban J connectivity index is 1.38. The van der Waals surface area contributed by atoms with E-state index in [2.05, 4.69) is 58.5 Å². The van der Waals surface area contributed by atoms with Crippen molar-refractivity contribution >= 4 is 33.6 Å². The highest BCUT2D eigenvalue weighted by Crippen LogP contribution is 2.37. The molecule has 3 aromatic rings. The van der Waals surface area contributed by atoms with Crippen molar-refractivity contribution in [2.24, 2.45) is 0 Å².